The standard InChI is InChI=1S/C15H18BrNO/c16-14-6-4-13-11-15(7-5-12(13)10-14)18-9-3-1-2-8-17/h4-7,10-11H,1-3,8-9,17H2. The second kappa shape index (κ2) is 6.76. The first kappa shape index (κ1) is 13.4. The van der Waals surface area contributed by atoms with E-state index < -0.39 is 0 Å². The van der Waals surface area contributed by atoms with E-state index in [2.05, 4.69) is 40.2 Å². The molecule has 0 aliphatic carbocycles. The van der Waals surface area contributed by atoms with Gasteiger partial charge < -0.3 is 10.5 Å². The van der Waals surface area contributed by atoms with Gasteiger partial charge in [0.15, 0.2) is 0 Å². The normalized spacial score (nSPS) is 10.8. The summed E-state index contributed by atoms with van der Waals surface area (Å²) in [5, 5.41) is 2.43. The molecule has 0 aliphatic rings. The minimum atomic E-state index is 0.766. The molecular formula is C15H18BrNO. The van der Waals surface area contributed by atoms with Crippen molar-refractivity contribution >= 4 is 26.7 Å². The molecule has 96 valence electrons. The lowest BCUT2D eigenvalue weighted by atomic mass is 10.1. The predicted molar refractivity (Wildman–Crippen MR) is 80.0 cm³/mol. The van der Waals surface area contributed by atoms with Crippen LogP contribution >= 0.6 is 15.9 Å². The molecule has 0 radical (unpaired) electrons. The average Bonchev–Trinajstić information content (AvgIpc) is 2.38. The van der Waals surface area contributed by atoms with Crippen molar-refractivity contribution in [1.29, 1.82) is 0 Å². The number of unbranched alkanes of at least 4 members (excludes halogenated alkanes) is 2. The summed E-state index contributed by atoms with van der Waals surface area (Å²) in [5.74, 6) is 0.942. The van der Waals surface area contributed by atoms with Crippen molar-refractivity contribution in [3.05, 3.63) is 40.9 Å². The third kappa shape index (κ3) is 3.72. The molecule has 0 aliphatic heterocycles. The van der Waals surface area contributed by atoms with Gasteiger partial charge in [-0.15, -0.1) is 0 Å². The highest BCUT2D eigenvalue weighted by Gasteiger charge is 1.98. The van der Waals surface area contributed by atoms with Crippen molar-refractivity contribution in [3.63, 3.8) is 0 Å². The largest absolute Gasteiger partial charge is 0.494 e. The van der Waals surface area contributed by atoms with Crippen LogP contribution in [-0.2, 0) is 0 Å². The fourth-order valence-electron chi connectivity index (χ4n) is 1.90. The van der Waals surface area contributed by atoms with Crippen LogP contribution in [0.3, 0.4) is 0 Å². The average molecular weight is 308 g/mol. The quantitative estimate of drug-likeness (QED) is 0.815. The Hall–Kier alpha value is -1.06. The summed E-state index contributed by atoms with van der Waals surface area (Å²) >= 11 is 3.48. The Labute approximate surface area is 116 Å². The van der Waals surface area contributed by atoms with Crippen LogP contribution < -0.4 is 10.5 Å². The number of benzene rings is 2. The van der Waals surface area contributed by atoms with E-state index in [4.69, 9.17) is 10.5 Å². The second-order valence-electron chi connectivity index (χ2n) is 4.35. The van der Waals surface area contributed by atoms with Crippen LogP contribution in [0.4, 0.5) is 0 Å². The second-order valence-corrected chi connectivity index (χ2v) is 5.27. The third-order valence-corrected chi connectivity index (χ3v) is 3.38. The number of halogens is 1. The van der Waals surface area contributed by atoms with Crippen LogP contribution in [-0.4, -0.2) is 13.2 Å². The summed E-state index contributed by atoms with van der Waals surface area (Å²) in [4.78, 5) is 0. The first-order chi connectivity index (χ1) is 8.79. The molecule has 0 saturated carbocycles. The SMILES string of the molecule is NCCCCCOc1ccc2cc(Br)ccc2c1. The fourth-order valence-corrected chi connectivity index (χ4v) is 2.28. The molecule has 0 heterocycles. The topological polar surface area (TPSA) is 35.2 Å². The fraction of sp³-hybridized carbons (Fsp3) is 0.333. The van der Waals surface area contributed by atoms with Crippen molar-refractivity contribution < 1.29 is 4.74 Å². The molecule has 2 rings (SSSR count). The number of hydrogen-bond donors (Lipinski definition) is 1. The van der Waals surface area contributed by atoms with Crippen LogP contribution in [0.5, 0.6) is 5.75 Å². The van der Waals surface area contributed by atoms with Gasteiger partial charge in [-0.25, -0.2) is 0 Å². The van der Waals surface area contributed by atoms with E-state index in [1.807, 2.05) is 12.1 Å². The van der Waals surface area contributed by atoms with Gasteiger partial charge in [-0.2, -0.15) is 0 Å². The molecular weight excluding hydrogens is 290 g/mol. The van der Waals surface area contributed by atoms with Crippen LogP contribution in [0.15, 0.2) is 40.9 Å². The van der Waals surface area contributed by atoms with E-state index in [-0.39, 0.29) is 0 Å². The molecule has 18 heavy (non-hydrogen) atoms. The summed E-state index contributed by atoms with van der Waals surface area (Å²) in [6.45, 7) is 1.53. The predicted octanol–water partition coefficient (Wildman–Crippen LogP) is 4.11. The highest BCUT2D eigenvalue weighted by Crippen LogP contribution is 2.24. The lowest BCUT2D eigenvalue weighted by Crippen LogP contribution is -2.01. The van der Waals surface area contributed by atoms with Gasteiger partial charge in [-0.1, -0.05) is 28.1 Å². The van der Waals surface area contributed by atoms with Crippen molar-refractivity contribution in [3.8, 4) is 5.75 Å². The number of nitrogens with two attached hydrogens (primary N) is 1. The van der Waals surface area contributed by atoms with Crippen LogP contribution in [0.1, 0.15) is 19.3 Å². The molecule has 0 saturated heterocycles. The maximum atomic E-state index is 5.74. The summed E-state index contributed by atoms with van der Waals surface area (Å²) < 4.78 is 6.84. The summed E-state index contributed by atoms with van der Waals surface area (Å²) in [7, 11) is 0. The van der Waals surface area contributed by atoms with Crippen molar-refractivity contribution in [2.75, 3.05) is 13.2 Å². The molecule has 2 N–H and O–H groups in total. The van der Waals surface area contributed by atoms with Gasteiger partial charge in [0.2, 0.25) is 0 Å². The number of rotatable bonds is 6. The minimum Gasteiger partial charge on any atom is -0.494 e. The van der Waals surface area contributed by atoms with Gasteiger partial charge in [0.1, 0.15) is 5.75 Å². The van der Waals surface area contributed by atoms with E-state index in [0.29, 0.717) is 0 Å². The molecule has 3 heteroatoms. The molecule has 0 atom stereocenters. The maximum Gasteiger partial charge on any atom is 0.119 e. The molecule has 0 spiro atoms. The lowest BCUT2D eigenvalue weighted by Gasteiger charge is -2.07. The highest BCUT2D eigenvalue weighted by molar-refractivity contribution is 9.10. The van der Waals surface area contributed by atoms with Crippen molar-refractivity contribution in [2.24, 2.45) is 5.73 Å². The Balaban J connectivity index is 1.95. The number of fused-ring (bicyclic) bond motifs is 1. The van der Waals surface area contributed by atoms with Gasteiger partial charge in [0.05, 0.1) is 6.61 Å². The van der Waals surface area contributed by atoms with E-state index in [9.17, 15) is 0 Å². The first-order valence-corrected chi connectivity index (χ1v) is 7.11. The Bertz CT molecular complexity index is 513. The molecule has 2 nitrogen and oxygen atoms in total. The Morgan fingerprint density at radius 3 is 2.56 bits per heavy atom. The van der Waals surface area contributed by atoms with E-state index >= 15 is 0 Å². The minimum absolute atomic E-state index is 0.766. The Kier molecular flexibility index (Phi) is 5.02. The van der Waals surface area contributed by atoms with E-state index in [1.54, 1.807) is 0 Å². The third-order valence-electron chi connectivity index (χ3n) is 2.89. The maximum absolute atomic E-state index is 5.74. The molecule has 2 aromatic carbocycles. The lowest BCUT2D eigenvalue weighted by molar-refractivity contribution is 0.306. The van der Waals surface area contributed by atoms with Crippen molar-refractivity contribution in [1.82, 2.24) is 0 Å². The van der Waals surface area contributed by atoms with Gasteiger partial charge in [0, 0.05) is 4.47 Å². The zero-order chi connectivity index (χ0) is 12.8. The summed E-state index contributed by atoms with van der Waals surface area (Å²) in [6.07, 6.45) is 3.28. The van der Waals surface area contributed by atoms with Crippen LogP contribution in [0, 0.1) is 0 Å². The number of hydrogen-bond acceptors (Lipinski definition) is 2. The molecule has 0 unspecified atom stereocenters. The Morgan fingerprint density at radius 2 is 1.72 bits per heavy atom. The number of ether oxygens (including phenoxy) is 1. The van der Waals surface area contributed by atoms with Crippen molar-refractivity contribution in [2.45, 2.75) is 19.3 Å². The van der Waals surface area contributed by atoms with E-state index in [0.717, 1.165) is 42.6 Å². The van der Waals surface area contributed by atoms with Gasteiger partial charge in [-0.05, 0) is 60.8 Å². The first-order valence-electron chi connectivity index (χ1n) is 6.32. The summed E-state index contributed by atoms with van der Waals surface area (Å²) in [5.41, 5.74) is 5.45. The monoisotopic (exact) mass is 307 g/mol. The van der Waals surface area contributed by atoms with Gasteiger partial charge >= 0.3 is 0 Å². The molecule has 0 bridgehead atoms. The van der Waals surface area contributed by atoms with Gasteiger partial charge in [0.25, 0.3) is 0 Å². The van der Waals surface area contributed by atoms with Gasteiger partial charge in [-0.3, -0.25) is 0 Å². The summed E-state index contributed by atoms with van der Waals surface area (Å²) in [6, 6.07) is 12.5. The van der Waals surface area contributed by atoms with Crippen LogP contribution in [0.25, 0.3) is 10.8 Å². The zero-order valence-corrected chi connectivity index (χ0v) is 11.9. The molecule has 0 fully saturated rings. The Morgan fingerprint density at radius 1 is 0.944 bits per heavy atom. The highest BCUT2D eigenvalue weighted by atomic mass is 79.9. The van der Waals surface area contributed by atoms with Crippen LogP contribution in [0.2, 0.25) is 0 Å². The zero-order valence-electron chi connectivity index (χ0n) is 10.4. The van der Waals surface area contributed by atoms with E-state index in [1.165, 1.54) is 10.8 Å². The smallest absolute Gasteiger partial charge is 0.119 e. The molecule has 0 amide bonds. The molecule has 2 aromatic rings. The molecule has 0 aromatic heterocycles.